The Balaban J connectivity index is 1.75. The summed E-state index contributed by atoms with van der Waals surface area (Å²) < 4.78 is 0. The maximum absolute atomic E-state index is 12.5. The topological polar surface area (TPSA) is 106 Å². The Kier molecular flexibility index (Phi) is 4.62. The van der Waals surface area contributed by atoms with E-state index in [0.717, 1.165) is 16.8 Å². The Morgan fingerprint density at radius 3 is 2.56 bits per heavy atom. The van der Waals surface area contributed by atoms with Gasteiger partial charge in [0.15, 0.2) is 5.13 Å². The van der Waals surface area contributed by atoms with Gasteiger partial charge in [0.2, 0.25) is 0 Å². The van der Waals surface area contributed by atoms with Crippen molar-refractivity contribution in [2.45, 2.75) is 20.8 Å². The first-order valence-electron chi connectivity index (χ1n) is 7.64. The molecule has 1 aromatic carbocycles. The van der Waals surface area contributed by atoms with E-state index in [1.54, 1.807) is 13.0 Å². The molecule has 0 unspecified atom stereocenters. The number of thiazole rings is 1. The lowest BCUT2D eigenvalue weighted by Crippen LogP contribution is -2.12. The molecule has 0 saturated carbocycles. The Hall–Kier alpha value is -3.00. The molecule has 128 valence electrons. The summed E-state index contributed by atoms with van der Waals surface area (Å²) in [5.41, 5.74) is 8.57. The van der Waals surface area contributed by atoms with Crippen LogP contribution in [0.4, 0.5) is 22.5 Å². The second-order valence-electron chi connectivity index (χ2n) is 5.60. The Morgan fingerprint density at radius 2 is 1.88 bits per heavy atom. The predicted octanol–water partition coefficient (Wildman–Crippen LogP) is 3.44. The Labute approximate surface area is 149 Å². The lowest BCUT2D eigenvalue weighted by molar-refractivity contribution is 0.103. The molecule has 0 spiro atoms. The lowest BCUT2D eigenvalue weighted by atomic mass is 10.1. The van der Waals surface area contributed by atoms with E-state index in [9.17, 15) is 4.79 Å². The number of amides is 1. The second kappa shape index (κ2) is 6.86. The van der Waals surface area contributed by atoms with Crippen molar-refractivity contribution >= 4 is 39.7 Å². The number of nitrogens with zero attached hydrogens (tertiary/aromatic N) is 3. The highest BCUT2D eigenvalue weighted by Gasteiger charge is 2.13. The number of benzene rings is 1. The lowest BCUT2D eigenvalue weighted by Gasteiger charge is -2.10. The van der Waals surface area contributed by atoms with Gasteiger partial charge in [-0.2, -0.15) is 0 Å². The minimum atomic E-state index is -0.193. The van der Waals surface area contributed by atoms with E-state index in [0.29, 0.717) is 27.5 Å². The Morgan fingerprint density at radius 1 is 1.16 bits per heavy atom. The first-order valence-corrected chi connectivity index (χ1v) is 8.45. The number of carbonyl (C=O) groups is 1. The molecule has 0 radical (unpaired) electrons. The van der Waals surface area contributed by atoms with E-state index < -0.39 is 0 Å². The maximum atomic E-state index is 12.5. The molecule has 0 atom stereocenters. The number of para-hydroxylation sites is 1. The van der Waals surface area contributed by atoms with Gasteiger partial charge >= 0.3 is 0 Å². The van der Waals surface area contributed by atoms with Crippen LogP contribution in [0.2, 0.25) is 0 Å². The van der Waals surface area contributed by atoms with Crippen LogP contribution in [0.3, 0.4) is 0 Å². The number of aromatic nitrogens is 3. The summed E-state index contributed by atoms with van der Waals surface area (Å²) >= 11 is 1.24. The number of aryl methyl sites for hydroxylation is 3. The average Bonchev–Trinajstić information content (AvgIpc) is 2.98. The smallest absolute Gasteiger partial charge is 0.267 e. The van der Waals surface area contributed by atoms with Crippen molar-refractivity contribution in [1.29, 1.82) is 0 Å². The molecule has 4 N–H and O–H groups in total. The minimum absolute atomic E-state index is 0.193. The number of hydrogen-bond acceptors (Lipinski definition) is 7. The summed E-state index contributed by atoms with van der Waals surface area (Å²) in [4.78, 5) is 25.5. The van der Waals surface area contributed by atoms with Crippen LogP contribution < -0.4 is 16.4 Å². The molecular weight excluding hydrogens is 336 g/mol. The van der Waals surface area contributed by atoms with Crippen LogP contribution in [0.1, 0.15) is 26.6 Å². The molecule has 0 fully saturated rings. The van der Waals surface area contributed by atoms with Crippen molar-refractivity contribution in [3.8, 4) is 0 Å². The molecule has 25 heavy (non-hydrogen) atoms. The zero-order valence-electron chi connectivity index (χ0n) is 14.1. The van der Waals surface area contributed by atoms with Crippen molar-refractivity contribution in [3.05, 3.63) is 52.3 Å². The monoisotopic (exact) mass is 354 g/mol. The van der Waals surface area contributed by atoms with Gasteiger partial charge in [-0.05, 0) is 31.9 Å². The summed E-state index contributed by atoms with van der Waals surface area (Å²) in [6, 6.07) is 7.50. The number of rotatable bonds is 4. The molecule has 0 aliphatic rings. The summed E-state index contributed by atoms with van der Waals surface area (Å²) in [5, 5.41) is 6.55. The van der Waals surface area contributed by atoms with E-state index in [2.05, 4.69) is 25.6 Å². The number of nitrogens with one attached hydrogen (secondary N) is 2. The number of anilines is 4. The van der Waals surface area contributed by atoms with Gasteiger partial charge in [0.1, 0.15) is 22.3 Å². The van der Waals surface area contributed by atoms with Gasteiger partial charge in [-0.15, -0.1) is 0 Å². The number of nitrogen functional groups attached to an aromatic ring is 1. The van der Waals surface area contributed by atoms with Crippen molar-refractivity contribution in [3.63, 3.8) is 0 Å². The first-order chi connectivity index (χ1) is 11.9. The van der Waals surface area contributed by atoms with Gasteiger partial charge in [0.25, 0.3) is 5.91 Å². The van der Waals surface area contributed by atoms with Gasteiger partial charge < -0.3 is 16.4 Å². The summed E-state index contributed by atoms with van der Waals surface area (Å²) in [5.74, 6) is 1.29. The van der Waals surface area contributed by atoms with E-state index in [1.165, 1.54) is 17.5 Å². The third kappa shape index (κ3) is 3.92. The van der Waals surface area contributed by atoms with E-state index in [1.807, 2.05) is 32.0 Å². The highest BCUT2D eigenvalue weighted by atomic mass is 32.1. The largest absolute Gasteiger partial charge is 0.384 e. The normalized spacial score (nSPS) is 10.5. The van der Waals surface area contributed by atoms with E-state index in [4.69, 9.17) is 5.73 Å². The summed E-state index contributed by atoms with van der Waals surface area (Å²) in [6.45, 7) is 5.68. The molecular formula is C17H18N6OS. The van der Waals surface area contributed by atoms with Crippen LogP contribution >= 0.6 is 11.3 Å². The van der Waals surface area contributed by atoms with Gasteiger partial charge in [-0.1, -0.05) is 29.5 Å². The standard InChI is InChI=1S/C17H18N6OS/c1-9-5-4-6-10(2)15(9)23-16(24)12-8-19-17(25-12)22-14-7-13(18)20-11(3)21-14/h4-8H,1-3H3,(H,23,24)(H3,18,19,20,21,22). The molecule has 1 amide bonds. The molecule has 0 aliphatic carbocycles. The van der Waals surface area contributed by atoms with Crippen molar-refractivity contribution in [2.75, 3.05) is 16.4 Å². The molecule has 0 bridgehead atoms. The molecule has 3 rings (SSSR count). The van der Waals surface area contributed by atoms with Gasteiger partial charge in [-0.25, -0.2) is 15.0 Å². The fourth-order valence-electron chi connectivity index (χ4n) is 2.39. The van der Waals surface area contributed by atoms with Crippen molar-refractivity contribution < 1.29 is 4.79 Å². The predicted molar refractivity (Wildman–Crippen MR) is 100 cm³/mol. The molecule has 8 heteroatoms. The molecule has 3 aromatic rings. The highest BCUT2D eigenvalue weighted by molar-refractivity contribution is 7.17. The zero-order valence-corrected chi connectivity index (χ0v) is 14.9. The number of nitrogens with two attached hydrogens (primary N) is 1. The molecule has 2 aromatic heterocycles. The molecule has 0 aliphatic heterocycles. The molecule has 7 nitrogen and oxygen atoms in total. The minimum Gasteiger partial charge on any atom is -0.384 e. The first kappa shape index (κ1) is 16.8. The van der Waals surface area contributed by atoms with Crippen LogP contribution in [0.15, 0.2) is 30.5 Å². The zero-order chi connectivity index (χ0) is 18.0. The van der Waals surface area contributed by atoms with Crippen molar-refractivity contribution in [1.82, 2.24) is 15.0 Å². The molecule has 0 saturated heterocycles. The number of carbonyl (C=O) groups excluding carboxylic acids is 1. The Bertz CT molecular complexity index is 896. The summed E-state index contributed by atoms with van der Waals surface area (Å²) in [6.07, 6.45) is 1.54. The fourth-order valence-corrected chi connectivity index (χ4v) is 3.11. The third-order valence-electron chi connectivity index (χ3n) is 3.54. The van der Waals surface area contributed by atoms with Crippen molar-refractivity contribution in [2.24, 2.45) is 0 Å². The van der Waals surface area contributed by atoms with Crippen LogP contribution in [0, 0.1) is 20.8 Å². The van der Waals surface area contributed by atoms with Crippen LogP contribution in [0.5, 0.6) is 0 Å². The van der Waals surface area contributed by atoms with Gasteiger partial charge in [0.05, 0.1) is 6.20 Å². The van der Waals surface area contributed by atoms with Crippen LogP contribution in [0.25, 0.3) is 0 Å². The number of hydrogen-bond donors (Lipinski definition) is 3. The average molecular weight is 354 g/mol. The van der Waals surface area contributed by atoms with E-state index >= 15 is 0 Å². The van der Waals surface area contributed by atoms with Gasteiger partial charge in [-0.3, -0.25) is 4.79 Å². The fraction of sp³-hybridized carbons (Fsp3) is 0.176. The maximum Gasteiger partial charge on any atom is 0.267 e. The van der Waals surface area contributed by atoms with Crippen LogP contribution in [-0.2, 0) is 0 Å². The summed E-state index contributed by atoms with van der Waals surface area (Å²) in [7, 11) is 0. The van der Waals surface area contributed by atoms with Gasteiger partial charge in [0, 0.05) is 11.8 Å². The quantitative estimate of drug-likeness (QED) is 0.663. The molecule has 2 heterocycles. The third-order valence-corrected chi connectivity index (χ3v) is 4.45. The van der Waals surface area contributed by atoms with Crippen LogP contribution in [-0.4, -0.2) is 20.9 Å². The van der Waals surface area contributed by atoms with E-state index in [-0.39, 0.29) is 5.91 Å². The second-order valence-corrected chi connectivity index (χ2v) is 6.63. The SMILES string of the molecule is Cc1nc(N)cc(Nc2ncc(C(=O)Nc3c(C)cccc3C)s2)n1. The highest BCUT2D eigenvalue weighted by Crippen LogP contribution is 2.25.